The molecule has 0 saturated heterocycles. The number of amides is 1. The van der Waals surface area contributed by atoms with E-state index in [1.807, 2.05) is 18.2 Å². The summed E-state index contributed by atoms with van der Waals surface area (Å²) in [6.45, 7) is 2.12. The van der Waals surface area contributed by atoms with Crippen molar-refractivity contribution >= 4 is 50.3 Å². The van der Waals surface area contributed by atoms with E-state index >= 15 is 0 Å². The van der Waals surface area contributed by atoms with Crippen LogP contribution >= 0.6 is 22.9 Å². The van der Waals surface area contributed by atoms with E-state index in [1.165, 1.54) is 23.0 Å². The van der Waals surface area contributed by atoms with Gasteiger partial charge >= 0.3 is 0 Å². The van der Waals surface area contributed by atoms with Crippen molar-refractivity contribution in [3.05, 3.63) is 64.7 Å². The van der Waals surface area contributed by atoms with Crippen LogP contribution in [0.15, 0.2) is 48.5 Å². The number of rotatable bonds is 4. The lowest BCUT2D eigenvalue weighted by Crippen LogP contribution is -2.07. The number of fused-ring (bicyclic) bond motifs is 1. The lowest BCUT2D eigenvalue weighted by molar-refractivity contribution is -0.111. The zero-order chi connectivity index (χ0) is 16.2. The maximum atomic E-state index is 12.0. The zero-order valence-corrected chi connectivity index (χ0v) is 14.1. The first-order chi connectivity index (χ1) is 11.1. The summed E-state index contributed by atoms with van der Waals surface area (Å²) in [7, 11) is 0. The van der Waals surface area contributed by atoms with Gasteiger partial charge in [-0.3, -0.25) is 10.1 Å². The van der Waals surface area contributed by atoms with Crippen LogP contribution in [0.25, 0.3) is 16.3 Å². The van der Waals surface area contributed by atoms with E-state index in [9.17, 15) is 4.79 Å². The number of aryl methyl sites for hydroxylation is 1. The fourth-order valence-electron chi connectivity index (χ4n) is 2.14. The fourth-order valence-corrected chi connectivity index (χ4v) is 3.19. The van der Waals surface area contributed by atoms with Gasteiger partial charge in [0.25, 0.3) is 0 Å². The number of nitrogens with zero attached hydrogens (tertiary/aromatic N) is 1. The van der Waals surface area contributed by atoms with Gasteiger partial charge in [0.15, 0.2) is 5.13 Å². The minimum absolute atomic E-state index is 0.199. The van der Waals surface area contributed by atoms with Crippen molar-refractivity contribution in [2.45, 2.75) is 13.3 Å². The van der Waals surface area contributed by atoms with Gasteiger partial charge in [0.1, 0.15) is 0 Å². The van der Waals surface area contributed by atoms with Gasteiger partial charge in [-0.15, -0.1) is 0 Å². The second kappa shape index (κ2) is 6.94. The highest BCUT2D eigenvalue weighted by molar-refractivity contribution is 7.22. The number of aromatic nitrogens is 1. The SMILES string of the molecule is CCc1ccc2nc(NC(=O)/C=C/c3ccc(Cl)cc3)sc2c1. The Balaban J connectivity index is 1.71. The topological polar surface area (TPSA) is 42.0 Å². The quantitative estimate of drug-likeness (QED) is 0.665. The number of benzene rings is 2. The summed E-state index contributed by atoms with van der Waals surface area (Å²) in [5.41, 5.74) is 3.09. The van der Waals surface area contributed by atoms with Crippen LogP contribution in [0.4, 0.5) is 5.13 Å². The number of halogens is 1. The van der Waals surface area contributed by atoms with Gasteiger partial charge in [0.2, 0.25) is 5.91 Å². The highest BCUT2D eigenvalue weighted by Crippen LogP contribution is 2.27. The average Bonchev–Trinajstić information content (AvgIpc) is 2.95. The summed E-state index contributed by atoms with van der Waals surface area (Å²) in [4.78, 5) is 16.4. The summed E-state index contributed by atoms with van der Waals surface area (Å²) in [5.74, 6) is -0.199. The van der Waals surface area contributed by atoms with E-state index in [0.29, 0.717) is 10.2 Å². The lowest BCUT2D eigenvalue weighted by atomic mass is 10.2. The molecule has 1 amide bonds. The molecule has 5 heteroatoms. The Morgan fingerprint density at radius 2 is 2.04 bits per heavy atom. The minimum Gasteiger partial charge on any atom is -0.298 e. The van der Waals surface area contributed by atoms with E-state index in [1.54, 1.807) is 18.2 Å². The molecular weight excluding hydrogens is 328 g/mol. The van der Waals surface area contributed by atoms with Crippen LogP contribution in [-0.2, 0) is 11.2 Å². The first-order valence-electron chi connectivity index (χ1n) is 7.28. The Morgan fingerprint density at radius 3 is 2.78 bits per heavy atom. The van der Waals surface area contributed by atoms with E-state index in [0.717, 1.165) is 22.2 Å². The second-order valence-corrected chi connectivity index (χ2v) is 6.52. The molecule has 0 bridgehead atoms. The molecule has 116 valence electrons. The summed E-state index contributed by atoms with van der Waals surface area (Å²) in [6, 6.07) is 13.5. The first-order valence-corrected chi connectivity index (χ1v) is 8.47. The van der Waals surface area contributed by atoms with Crippen molar-refractivity contribution in [2.75, 3.05) is 5.32 Å². The average molecular weight is 343 g/mol. The van der Waals surface area contributed by atoms with Gasteiger partial charge in [0, 0.05) is 11.1 Å². The Bertz CT molecular complexity index is 868. The van der Waals surface area contributed by atoms with E-state index in [2.05, 4.69) is 29.4 Å². The first kappa shape index (κ1) is 15.7. The summed E-state index contributed by atoms with van der Waals surface area (Å²) < 4.78 is 1.08. The summed E-state index contributed by atoms with van der Waals surface area (Å²) >= 11 is 7.32. The smallest absolute Gasteiger partial charge is 0.250 e. The Hall–Kier alpha value is -2.17. The minimum atomic E-state index is -0.199. The molecule has 1 N–H and O–H groups in total. The normalized spacial score (nSPS) is 11.2. The molecule has 0 atom stereocenters. The van der Waals surface area contributed by atoms with Crippen molar-refractivity contribution in [1.29, 1.82) is 0 Å². The number of anilines is 1. The molecule has 0 fully saturated rings. The van der Waals surface area contributed by atoms with Crippen LogP contribution in [0.5, 0.6) is 0 Å². The molecule has 3 aromatic rings. The van der Waals surface area contributed by atoms with Gasteiger partial charge in [-0.25, -0.2) is 4.98 Å². The molecule has 0 radical (unpaired) electrons. The van der Waals surface area contributed by atoms with Crippen LogP contribution in [0.2, 0.25) is 5.02 Å². The number of carbonyl (C=O) groups is 1. The van der Waals surface area contributed by atoms with Gasteiger partial charge in [-0.05, 0) is 47.9 Å². The van der Waals surface area contributed by atoms with Crippen molar-refractivity contribution in [2.24, 2.45) is 0 Å². The van der Waals surface area contributed by atoms with Crippen LogP contribution in [0.1, 0.15) is 18.1 Å². The van der Waals surface area contributed by atoms with E-state index in [4.69, 9.17) is 11.6 Å². The van der Waals surface area contributed by atoms with Gasteiger partial charge < -0.3 is 0 Å². The number of hydrogen-bond donors (Lipinski definition) is 1. The van der Waals surface area contributed by atoms with Gasteiger partial charge in [-0.1, -0.05) is 48.1 Å². The molecule has 23 heavy (non-hydrogen) atoms. The largest absolute Gasteiger partial charge is 0.298 e. The Labute approximate surface area is 143 Å². The molecule has 0 spiro atoms. The summed E-state index contributed by atoms with van der Waals surface area (Å²) in [5, 5.41) is 4.09. The molecule has 0 aliphatic heterocycles. The Kier molecular flexibility index (Phi) is 4.74. The number of carbonyl (C=O) groups excluding carboxylic acids is 1. The summed E-state index contributed by atoms with van der Waals surface area (Å²) in [6.07, 6.45) is 4.22. The lowest BCUT2D eigenvalue weighted by Gasteiger charge is -1.96. The third-order valence-corrected chi connectivity index (χ3v) is 4.57. The van der Waals surface area contributed by atoms with Crippen molar-refractivity contribution in [3.63, 3.8) is 0 Å². The molecule has 0 aliphatic carbocycles. The van der Waals surface area contributed by atoms with Gasteiger partial charge in [-0.2, -0.15) is 0 Å². The van der Waals surface area contributed by atoms with Crippen molar-refractivity contribution in [3.8, 4) is 0 Å². The van der Waals surface area contributed by atoms with Crippen LogP contribution in [0, 0.1) is 0 Å². The number of thiazole rings is 1. The third-order valence-electron chi connectivity index (χ3n) is 3.39. The highest BCUT2D eigenvalue weighted by Gasteiger charge is 2.06. The fraction of sp³-hybridized carbons (Fsp3) is 0.111. The molecular formula is C18H15ClN2OS. The van der Waals surface area contributed by atoms with Gasteiger partial charge in [0.05, 0.1) is 10.2 Å². The third kappa shape index (κ3) is 3.97. The molecule has 2 aromatic carbocycles. The maximum absolute atomic E-state index is 12.0. The zero-order valence-electron chi connectivity index (χ0n) is 12.5. The Morgan fingerprint density at radius 1 is 1.26 bits per heavy atom. The van der Waals surface area contributed by atoms with Crippen molar-refractivity contribution < 1.29 is 4.79 Å². The van der Waals surface area contributed by atoms with E-state index in [-0.39, 0.29) is 5.91 Å². The molecule has 3 nitrogen and oxygen atoms in total. The highest BCUT2D eigenvalue weighted by atomic mass is 35.5. The predicted octanol–water partition coefficient (Wildman–Crippen LogP) is 5.16. The number of nitrogens with one attached hydrogen (secondary N) is 1. The molecule has 0 saturated carbocycles. The molecule has 0 aliphatic rings. The standard InChI is InChI=1S/C18H15ClN2OS/c1-2-12-5-9-15-16(11-12)23-18(20-15)21-17(22)10-6-13-3-7-14(19)8-4-13/h3-11H,2H2,1H3,(H,20,21,22)/b10-6+. The van der Waals surface area contributed by atoms with Crippen LogP contribution in [-0.4, -0.2) is 10.9 Å². The molecule has 0 unspecified atom stereocenters. The predicted molar refractivity (Wildman–Crippen MR) is 98.1 cm³/mol. The molecule has 1 heterocycles. The second-order valence-electron chi connectivity index (χ2n) is 5.05. The monoisotopic (exact) mass is 342 g/mol. The van der Waals surface area contributed by atoms with E-state index < -0.39 is 0 Å². The molecule has 3 rings (SSSR count). The molecule has 1 aromatic heterocycles. The number of hydrogen-bond acceptors (Lipinski definition) is 3. The van der Waals surface area contributed by atoms with Crippen LogP contribution in [0.3, 0.4) is 0 Å². The van der Waals surface area contributed by atoms with Crippen molar-refractivity contribution in [1.82, 2.24) is 4.98 Å². The maximum Gasteiger partial charge on any atom is 0.250 e. The van der Waals surface area contributed by atoms with Crippen LogP contribution < -0.4 is 5.32 Å².